The second kappa shape index (κ2) is 9.35. The van der Waals surface area contributed by atoms with Gasteiger partial charge in [-0.25, -0.2) is 8.42 Å². The van der Waals surface area contributed by atoms with Crippen LogP contribution in [-0.4, -0.2) is 56.3 Å². The molecule has 172 valence electrons. The Balaban J connectivity index is 1.76. The van der Waals surface area contributed by atoms with Gasteiger partial charge in [0, 0.05) is 24.7 Å². The molecule has 10 heteroatoms. The van der Waals surface area contributed by atoms with E-state index in [2.05, 4.69) is 20.8 Å². The van der Waals surface area contributed by atoms with Gasteiger partial charge in [0.1, 0.15) is 0 Å². The predicted octanol–water partition coefficient (Wildman–Crippen LogP) is 3.17. The molecule has 0 spiro atoms. The zero-order valence-electron chi connectivity index (χ0n) is 18.2. The summed E-state index contributed by atoms with van der Waals surface area (Å²) in [5, 5.41) is 11.5. The van der Waals surface area contributed by atoms with E-state index in [1.54, 1.807) is 12.1 Å². The summed E-state index contributed by atoms with van der Waals surface area (Å²) >= 11 is 0. The Morgan fingerprint density at radius 3 is 2.31 bits per heavy atom. The molecule has 2 aromatic rings. The number of nitrogens with zero attached hydrogens (tertiary/aromatic N) is 2. The normalized spacial score (nSPS) is 15.3. The van der Waals surface area contributed by atoms with E-state index in [0.717, 1.165) is 11.6 Å². The number of rotatable bonds is 7. The molecule has 1 saturated heterocycles. The Bertz CT molecular complexity index is 1100. The molecule has 2 aromatic carbocycles. The molecule has 0 saturated carbocycles. The van der Waals surface area contributed by atoms with Gasteiger partial charge in [0.2, 0.25) is 10.0 Å². The Hall–Kier alpha value is -2.82. The maximum Gasteiger partial charge on any atom is 0.312 e. The third kappa shape index (κ3) is 5.32. The monoisotopic (exact) mass is 462 g/mol. The third-order valence-corrected chi connectivity index (χ3v) is 7.06. The highest BCUT2D eigenvalue weighted by molar-refractivity contribution is 7.89. The summed E-state index contributed by atoms with van der Waals surface area (Å²) in [6.07, 6.45) is 0. The second-order valence-corrected chi connectivity index (χ2v) is 10.4. The summed E-state index contributed by atoms with van der Waals surface area (Å²) in [4.78, 5) is 23.1. The van der Waals surface area contributed by atoms with Crippen molar-refractivity contribution in [1.29, 1.82) is 0 Å². The highest BCUT2D eigenvalue weighted by Crippen LogP contribution is 2.31. The molecule has 0 aliphatic carbocycles. The molecule has 0 unspecified atom stereocenters. The molecule has 1 heterocycles. The second-order valence-electron chi connectivity index (χ2n) is 8.44. The molecule has 0 bridgehead atoms. The first-order chi connectivity index (χ1) is 15.0. The first-order valence-electron chi connectivity index (χ1n) is 10.1. The Kier molecular flexibility index (Phi) is 6.97. The molecule has 1 aliphatic heterocycles. The van der Waals surface area contributed by atoms with Crippen LogP contribution >= 0.6 is 0 Å². The Morgan fingerprint density at radius 1 is 1.12 bits per heavy atom. The summed E-state index contributed by atoms with van der Waals surface area (Å²) in [7, 11) is -3.90. The highest BCUT2D eigenvalue weighted by Gasteiger charge is 2.29. The molecule has 0 aromatic heterocycles. The Labute approximate surface area is 187 Å². The van der Waals surface area contributed by atoms with Gasteiger partial charge in [0.05, 0.1) is 23.0 Å². The van der Waals surface area contributed by atoms with Gasteiger partial charge >= 0.3 is 5.69 Å². The number of ketones is 1. The van der Waals surface area contributed by atoms with Gasteiger partial charge < -0.3 is 9.47 Å². The van der Waals surface area contributed by atoms with Crippen LogP contribution in [0, 0.1) is 10.1 Å². The van der Waals surface area contributed by atoms with Crippen LogP contribution in [-0.2, 0) is 20.2 Å². The minimum Gasteiger partial charge on any atom is -0.478 e. The average Bonchev–Trinajstić information content (AvgIpc) is 2.77. The first-order valence-corrected chi connectivity index (χ1v) is 11.6. The zero-order valence-corrected chi connectivity index (χ0v) is 19.1. The van der Waals surface area contributed by atoms with Crippen molar-refractivity contribution in [2.45, 2.75) is 31.1 Å². The number of nitro benzene ring substituents is 1. The largest absolute Gasteiger partial charge is 0.478 e. The van der Waals surface area contributed by atoms with E-state index in [0.29, 0.717) is 5.56 Å². The fraction of sp³-hybridized carbons (Fsp3) is 0.409. The summed E-state index contributed by atoms with van der Waals surface area (Å²) in [6.45, 7) is 6.67. The smallest absolute Gasteiger partial charge is 0.312 e. The van der Waals surface area contributed by atoms with Gasteiger partial charge in [0.25, 0.3) is 0 Å². The molecule has 32 heavy (non-hydrogen) atoms. The number of benzene rings is 2. The minimum atomic E-state index is -3.90. The van der Waals surface area contributed by atoms with E-state index in [1.807, 2.05) is 12.1 Å². The van der Waals surface area contributed by atoms with E-state index in [4.69, 9.17) is 9.47 Å². The van der Waals surface area contributed by atoms with E-state index in [-0.39, 0.29) is 48.1 Å². The van der Waals surface area contributed by atoms with Crippen molar-refractivity contribution in [2.24, 2.45) is 0 Å². The number of ether oxygens (including phenoxy) is 2. The fourth-order valence-electron chi connectivity index (χ4n) is 3.24. The standard InChI is InChI=1S/C22H26N2O7S/c1-22(2,3)17-6-4-16(5-7-17)20(25)15-31-21-9-8-18(14-19(21)24(26)27)32(28,29)23-10-12-30-13-11-23/h4-9,14H,10-13,15H2,1-3H3. The third-order valence-electron chi connectivity index (χ3n) is 5.17. The van der Waals surface area contributed by atoms with Gasteiger partial charge in [-0.3, -0.25) is 14.9 Å². The predicted molar refractivity (Wildman–Crippen MR) is 118 cm³/mol. The lowest BCUT2D eigenvalue weighted by molar-refractivity contribution is -0.386. The summed E-state index contributed by atoms with van der Waals surface area (Å²) in [6, 6.07) is 10.5. The van der Waals surface area contributed by atoms with E-state index >= 15 is 0 Å². The van der Waals surface area contributed by atoms with Gasteiger partial charge in [-0.2, -0.15) is 4.31 Å². The van der Waals surface area contributed by atoms with Crippen molar-refractivity contribution >= 4 is 21.5 Å². The zero-order chi connectivity index (χ0) is 23.5. The lowest BCUT2D eigenvalue weighted by atomic mass is 9.86. The van der Waals surface area contributed by atoms with Gasteiger partial charge in [-0.1, -0.05) is 45.0 Å². The molecule has 3 rings (SSSR count). The van der Waals surface area contributed by atoms with Crippen LogP contribution in [0.5, 0.6) is 5.75 Å². The molecule has 0 amide bonds. The summed E-state index contributed by atoms with van der Waals surface area (Å²) in [5.74, 6) is -0.514. The SMILES string of the molecule is CC(C)(C)c1ccc(C(=O)COc2ccc(S(=O)(=O)N3CCOCC3)cc2[N+](=O)[O-])cc1. The van der Waals surface area contributed by atoms with Crippen LogP contribution in [0.3, 0.4) is 0 Å². The molecule has 0 N–H and O–H groups in total. The minimum absolute atomic E-state index is 0.0536. The number of hydrogen-bond donors (Lipinski definition) is 0. The maximum absolute atomic E-state index is 12.8. The van der Waals surface area contributed by atoms with E-state index in [9.17, 15) is 23.3 Å². The van der Waals surface area contributed by atoms with Crippen LogP contribution in [0.4, 0.5) is 5.69 Å². The molecule has 0 radical (unpaired) electrons. The Morgan fingerprint density at radius 2 is 1.75 bits per heavy atom. The number of carbonyl (C=O) groups excluding carboxylic acids is 1. The lowest BCUT2D eigenvalue weighted by Gasteiger charge is -2.26. The summed E-state index contributed by atoms with van der Waals surface area (Å²) < 4.78 is 37.3. The van der Waals surface area contributed by atoms with Crippen LogP contribution in [0.1, 0.15) is 36.7 Å². The molecule has 1 fully saturated rings. The highest BCUT2D eigenvalue weighted by atomic mass is 32.2. The van der Waals surface area contributed by atoms with Gasteiger partial charge in [-0.15, -0.1) is 0 Å². The molecule has 0 atom stereocenters. The van der Waals surface area contributed by atoms with Crippen molar-refractivity contribution in [3.63, 3.8) is 0 Å². The topological polar surface area (TPSA) is 116 Å². The van der Waals surface area contributed by atoms with Crippen molar-refractivity contribution in [3.05, 3.63) is 63.7 Å². The molecule has 9 nitrogen and oxygen atoms in total. The number of nitro groups is 1. The van der Waals surface area contributed by atoms with Crippen molar-refractivity contribution < 1.29 is 27.6 Å². The van der Waals surface area contributed by atoms with Crippen LogP contribution in [0.2, 0.25) is 0 Å². The number of carbonyl (C=O) groups is 1. The number of hydrogen-bond acceptors (Lipinski definition) is 7. The van der Waals surface area contributed by atoms with Gasteiger partial charge in [-0.05, 0) is 23.1 Å². The van der Waals surface area contributed by atoms with Crippen molar-refractivity contribution in [1.82, 2.24) is 4.31 Å². The van der Waals surface area contributed by atoms with Crippen LogP contribution in [0.15, 0.2) is 47.4 Å². The molecular formula is C22H26N2O7S. The number of Topliss-reactive ketones (excluding diaryl/α,β-unsaturated/α-hetero) is 1. The summed E-state index contributed by atoms with van der Waals surface area (Å²) in [5.41, 5.74) is 0.923. The van der Waals surface area contributed by atoms with Crippen molar-refractivity contribution in [3.8, 4) is 5.75 Å². The van der Waals surface area contributed by atoms with Crippen LogP contribution < -0.4 is 4.74 Å². The first kappa shape index (κ1) is 23.8. The van der Waals surface area contributed by atoms with Crippen molar-refractivity contribution in [2.75, 3.05) is 32.9 Å². The molecular weight excluding hydrogens is 436 g/mol. The molecule has 1 aliphatic rings. The van der Waals surface area contributed by atoms with E-state index < -0.39 is 27.2 Å². The fourth-order valence-corrected chi connectivity index (χ4v) is 4.67. The maximum atomic E-state index is 12.8. The quantitative estimate of drug-likeness (QED) is 0.352. The van der Waals surface area contributed by atoms with Gasteiger partial charge in [0.15, 0.2) is 18.1 Å². The van der Waals surface area contributed by atoms with E-state index in [1.165, 1.54) is 16.4 Å². The number of morpholine rings is 1. The van der Waals surface area contributed by atoms with Crippen LogP contribution in [0.25, 0.3) is 0 Å². The lowest BCUT2D eigenvalue weighted by Crippen LogP contribution is -2.40. The average molecular weight is 463 g/mol. The number of sulfonamides is 1.